The number of halogens is 1. The Bertz CT molecular complexity index is 1040. The summed E-state index contributed by atoms with van der Waals surface area (Å²) in [5.74, 6) is 5.18. The van der Waals surface area contributed by atoms with Crippen LogP contribution in [0, 0.1) is 34.9 Å². The standard InChI is InChI=1S/C26H25FN2O2/c27-22-9-5-4-6-19(22)13-10-18-11-14-20(15-12-18)25-23(16-28)29(24(25)17-30)26(31)21-7-2-1-3-8-21/h4-6,9,11-12,14-15,21,23-25,30H,1-3,7-8,17H2/t23-,24+,25-/m1/s1. The molecule has 0 aromatic heterocycles. The van der Waals surface area contributed by atoms with Gasteiger partial charge in [-0.25, -0.2) is 4.39 Å². The Labute approximate surface area is 182 Å². The summed E-state index contributed by atoms with van der Waals surface area (Å²) in [7, 11) is 0. The van der Waals surface area contributed by atoms with Crippen molar-refractivity contribution >= 4 is 5.91 Å². The van der Waals surface area contributed by atoms with Gasteiger partial charge in [-0.05, 0) is 42.7 Å². The average Bonchev–Trinajstić information content (AvgIpc) is 2.80. The Morgan fingerprint density at radius 2 is 1.77 bits per heavy atom. The number of aliphatic hydroxyl groups is 1. The molecule has 0 bridgehead atoms. The molecule has 1 aliphatic heterocycles. The lowest BCUT2D eigenvalue weighted by Crippen LogP contribution is -2.66. The molecule has 3 atom stereocenters. The predicted octanol–water partition coefficient (Wildman–Crippen LogP) is 3.98. The van der Waals surface area contributed by atoms with Gasteiger partial charge >= 0.3 is 0 Å². The molecule has 2 aromatic carbocycles. The fourth-order valence-corrected chi connectivity index (χ4v) is 4.76. The Balaban J connectivity index is 1.51. The number of nitriles is 1. The molecule has 5 heteroatoms. The van der Waals surface area contributed by atoms with Crippen LogP contribution < -0.4 is 0 Å². The second kappa shape index (κ2) is 9.33. The second-order valence-corrected chi connectivity index (χ2v) is 8.28. The van der Waals surface area contributed by atoms with Crippen LogP contribution in [0.25, 0.3) is 0 Å². The van der Waals surface area contributed by atoms with Crippen LogP contribution in [0.2, 0.25) is 0 Å². The second-order valence-electron chi connectivity index (χ2n) is 8.28. The molecular formula is C26H25FN2O2. The zero-order valence-electron chi connectivity index (χ0n) is 17.3. The highest BCUT2D eigenvalue weighted by Crippen LogP contribution is 2.42. The summed E-state index contributed by atoms with van der Waals surface area (Å²) in [6.07, 6.45) is 4.98. The summed E-state index contributed by atoms with van der Waals surface area (Å²) in [5, 5.41) is 19.7. The molecule has 2 aromatic rings. The molecule has 1 heterocycles. The lowest BCUT2D eigenvalue weighted by atomic mass is 9.74. The van der Waals surface area contributed by atoms with E-state index < -0.39 is 6.04 Å². The van der Waals surface area contributed by atoms with Gasteiger partial charge in [-0.3, -0.25) is 4.79 Å². The summed E-state index contributed by atoms with van der Waals surface area (Å²) >= 11 is 0. The number of amides is 1. The minimum atomic E-state index is -0.568. The van der Waals surface area contributed by atoms with Crippen LogP contribution in [-0.2, 0) is 4.79 Å². The van der Waals surface area contributed by atoms with E-state index in [9.17, 15) is 19.6 Å². The molecule has 0 radical (unpaired) electrons. The van der Waals surface area contributed by atoms with Crippen molar-refractivity contribution in [2.45, 2.75) is 50.1 Å². The van der Waals surface area contributed by atoms with Crippen LogP contribution in [0.3, 0.4) is 0 Å². The van der Waals surface area contributed by atoms with E-state index in [1.807, 2.05) is 24.3 Å². The maximum atomic E-state index is 13.7. The van der Waals surface area contributed by atoms with Crippen LogP contribution in [0.15, 0.2) is 48.5 Å². The number of nitrogens with zero attached hydrogens (tertiary/aromatic N) is 2. The van der Waals surface area contributed by atoms with Gasteiger partial charge in [0.25, 0.3) is 0 Å². The first-order valence-electron chi connectivity index (χ1n) is 10.8. The average molecular weight is 416 g/mol. The molecule has 1 amide bonds. The van der Waals surface area contributed by atoms with E-state index >= 15 is 0 Å². The number of carbonyl (C=O) groups is 1. The number of aliphatic hydroxyl groups excluding tert-OH is 1. The van der Waals surface area contributed by atoms with Crippen LogP contribution in [0.1, 0.15) is 54.7 Å². The van der Waals surface area contributed by atoms with Crippen molar-refractivity contribution in [1.29, 1.82) is 5.26 Å². The van der Waals surface area contributed by atoms with Crippen molar-refractivity contribution in [2.24, 2.45) is 5.92 Å². The summed E-state index contributed by atoms with van der Waals surface area (Å²) in [6, 6.07) is 15.1. The molecule has 0 unspecified atom stereocenters. The topological polar surface area (TPSA) is 64.3 Å². The number of rotatable bonds is 3. The van der Waals surface area contributed by atoms with Gasteiger partial charge in [0.05, 0.1) is 24.3 Å². The fourth-order valence-electron chi connectivity index (χ4n) is 4.76. The molecular weight excluding hydrogens is 391 g/mol. The van der Waals surface area contributed by atoms with E-state index in [1.54, 1.807) is 23.1 Å². The monoisotopic (exact) mass is 416 g/mol. The maximum Gasteiger partial charge on any atom is 0.227 e. The largest absolute Gasteiger partial charge is 0.394 e. The van der Waals surface area contributed by atoms with Gasteiger partial charge in [-0.2, -0.15) is 5.26 Å². The van der Waals surface area contributed by atoms with Crippen molar-refractivity contribution in [3.63, 3.8) is 0 Å². The van der Waals surface area contributed by atoms with Crippen molar-refractivity contribution in [3.05, 3.63) is 71.0 Å². The molecule has 4 nitrogen and oxygen atoms in total. The highest BCUT2D eigenvalue weighted by atomic mass is 19.1. The van der Waals surface area contributed by atoms with E-state index in [0.29, 0.717) is 5.56 Å². The smallest absolute Gasteiger partial charge is 0.227 e. The summed E-state index contributed by atoms with van der Waals surface area (Å²) in [4.78, 5) is 14.6. The van der Waals surface area contributed by atoms with Crippen molar-refractivity contribution in [2.75, 3.05) is 6.61 Å². The number of benzene rings is 2. The first-order valence-corrected chi connectivity index (χ1v) is 10.8. The first kappa shape index (κ1) is 21.1. The zero-order chi connectivity index (χ0) is 21.8. The number of carbonyl (C=O) groups excluding carboxylic acids is 1. The van der Waals surface area contributed by atoms with Gasteiger partial charge in [0.15, 0.2) is 0 Å². The first-order chi connectivity index (χ1) is 15.1. The molecule has 158 valence electrons. The Kier molecular flexibility index (Phi) is 6.35. The normalized spacial score (nSPS) is 23.3. The van der Waals surface area contributed by atoms with Gasteiger partial charge < -0.3 is 10.0 Å². The van der Waals surface area contributed by atoms with Gasteiger partial charge in [0, 0.05) is 17.4 Å². The predicted molar refractivity (Wildman–Crippen MR) is 115 cm³/mol. The van der Waals surface area contributed by atoms with Crippen LogP contribution >= 0.6 is 0 Å². The van der Waals surface area contributed by atoms with Crippen LogP contribution in [0.5, 0.6) is 0 Å². The minimum Gasteiger partial charge on any atom is -0.394 e. The molecule has 1 aliphatic carbocycles. The number of likely N-dealkylation sites (tertiary alicyclic amines) is 1. The number of hydrogen-bond donors (Lipinski definition) is 1. The van der Waals surface area contributed by atoms with Crippen molar-refractivity contribution in [1.82, 2.24) is 4.90 Å². The highest BCUT2D eigenvalue weighted by molar-refractivity contribution is 5.81. The van der Waals surface area contributed by atoms with E-state index in [1.165, 1.54) is 6.07 Å². The zero-order valence-corrected chi connectivity index (χ0v) is 17.3. The lowest BCUT2D eigenvalue weighted by Gasteiger charge is -2.52. The molecule has 2 fully saturated rings. The third-order valence-electron chi connectivity index (χ3n) is 6.45. The van der Waals surface area contributed by atoms with Gasteiger partial charge in [-0.1, -0.05) is 55.4 Å². The molecule has 1 saturated carbocycles. The summed E-state index contributed by atoms with van der Waals surface area (Å²) in [6.45, 7) is -0.170. The Morgan fingerprint density at radius 3 is 2.42 bits per heavy atom. The summed E-state index contributed by atoms with van der Waals surface area (Å²) < 4.78 is 13.7. The number of hydrogen-bond acceptors (Lipinski definition) is 3. The highest BCUT2D eigenvalue weighted by Gasteiger charge is 2.52. The molecule has 31 heavy (non-hydrogen) atoms. The van der Waals surface area contributed by atoms with Gasteiger partial charge in [0.2, 0.25) is 5.91 Å². The van der Waals surface area contributed by atoms with Gasteiger partial charge in [-0.15, -0.1) is 0 Å². The molecule has 1 saturated heterocycles. The molecule has 2 aliphatic rings. The van der Waals surface area contributed by atoms with Crippen molar-refractivity contribution in [3.8, 4) is 17.9 Å². The molecule has 1 N–H and O–H groups in total. The molecule has 0 spiro atoms. The Hall–Kier alpha value is -3.15. The summed E-state index contributed by atoms with van der Waals surface area (Å²) in [5.41, 5.74) is 1.97. The van der Waals surface area contributed by atoms with E-state index in [-0.39, 0.29) is 36.2 Å². The van der Waals surface area contributed by atoms with E-state index in [2.05, 4.69) is 17.9 Å². The van der Waals surface area contributed by atoms with Crippen LogP contribution in [-0.4, -0.2) is 34.6 Å². The minimum absolute atomic E-state index is 0.00826. The maximum absolute atomic E-state index is 13.7. The third kappa shape index (κ3) is 4.20. The van der Waals surface area contributed by atoms with E-state index in [4.69, 9.17) is 0 Å². The van der Waals surface area contributed by atoms with Crippen LogP contribution in [0.4, 0.5) is 4.39 Å². The fraction of sp³-hybridized carbons (Fsp3) is 0.385. The van der Waals surface area contributed by atoms with Crippen molar-refractivity contribution < 1.29 is 14.3 Å². The molecule has 4 rings (SSSR count). The Morgan fingerprint density at radius 1 is 1.06 bits per heavy atom. The lowest BCUT2D eigenvalue weighted by molar-refractivity contribution is -0.152. The third-order valence-corrected chi connectivity index (χ3v) is 6.45. The SMILES string of the molecule is N#C[C@@H]1[C@@H](c2ccc(C#Cc3ccccc3F)cc2)[C@H](CO)N1C(=O)C1CCCCC1. The van der Waals surface area contributed by atoms with E-state index in [0.717, 1.165) is 43.2 Å². The quantitative estimate of drug-likeness (QED) is 0.770. The van der Waals surface area contributed by atoms with Gasteiger partial charge in [0.1, 0.15) is 11.9 Å².